The third-order valence-corrected chi connectivity index (χ3v) is 5.19. The summed E-state index contributed by atoms with van der Waals surface area (Å²) in [6.07, 6.45) is 0. The van der Waals surface area contributed by atoms with Crippen molar-refractivity contribution in [3.63, 3.8) is 0 Å². The van der Waals surface area contributed by atoms with Crippen LogP contribution in [-0.2, 0) is 0 Å². The van der Waals surface area contributed by atoms with Gasteiger partial charge in [-0.1, -0.05) is 33.8 Å². The highest BCUT2D eigenvalue weighted by Gasteiger charge is 2.64. The zero-order valence-corrected chi connectivity index (χ0v) is 12.4. The van der Waals surface area contributed by atoms with E-state index in [-0.39, 0.29) is 16.5 Å². The number of nitro benzene ring substituents is 1. The number of nitrogen functional groups attached to an aromatic ring is 1. The van der Waals surface area contributed by atoms with E-state index < -0.39 is 4.92 Å². The van der Waals surface area contributed by atoms with E-state index in [1.54, 1.807) is 18.2 Å². The Balaban J connectivity index is 2.17. The molecule has 0 heterocycles. The summed E-state index contributed by atoms with van der Waals surface area (Å²) in [5.74, 6) is 5.82. The second-order valence-corrected chi connectivity index (χ2v) is 6.48. The van der Waals surface area contributed by atoms with Crippen molar-refractivity contribution in [1.82, 2.24) is 0 Å². The molecule has 20 heavy (non-hydrogen) atoms. The number of nitro groups is 1. The van der Waals surface area contributed by atoms with Gasteiger partial charge in [0.05, 0.1) is 4.92 Å². The summed E-state index contributed by atoms with van der Waals surface area (Å²) in [6, 6.07) is 5.05. The Morgan fingerprint density at radius 2 is 1.80 bits per heavy atom. The van der Waals surface area contributed by atoms with E-state index in [1.807, 2.05) is 0 Å². The average molecular weight is 278 g/mol. The molecule has 2 rings (SSSR count). The second kappa shape index (κ2) is 4.63. The van der Waals surface area contributed by atoms with Crippen LogP contribution in [0.2, 0.25) is 0 Å². The molecule has 0 saturated heterocycles. The maximum atomic E-state index is 11.2. The molecule has 6 heteroatoms. The predicted octanol–water partition coefficient (Wildman–Crippen LogP) is 2.97. The second-order valence-electron chi connectivity index (χ2n) is 6.48. The van der Waals surface area contributed by atoms with Crippen LogP contribution in [0.25, 0.3) is 0 Å². The fourth-order valence-electron chi connectivity index (χ4n) is 3.05. The summed E-state index contributed by atoms with van der Waals surface area (Å²) in [7, 11) is 0. The maximum Gasteiger partial charge on any atom is 0.316 e. The fourth-order valence-corrected chi connectivity index (χ4v) is 3.05. The Kier molecular flexibility index (Phi) is 3.37. The van der Waals surface area contributed by atoms with Crippen LogP contribution in [0.15, 0.2) is 18.2 Å². The molecule has 0 bridgehead atoms. The van der Waals surface area contributed by atoms with Crippen molar-refractivity contribution in [2.24, 2.45) is 22.6 Å². The van der Waals surface area contributed by atoms with Crippen molar-refractivity contribution in [2.75, 3.05) is 17.3 Å². The van der Waals surface area contributed by atoms with E-state index in [9.17, 15) is 10.1 Å². The molecule has 0 aliphatic heterocycles. The van der Waals surface area contributed by atoms with Gasteiger partial charge >= 0.3 is 5.69 Å². The van der Waals surface area contributed by atoms with Crippen molar-refractivity contribution in [1.29, 1.82) is 0 Å². The van der Waals surface area contributed by atoms with Crippen LogP contribution < -0.4 is 16.6 Å². The van der Waals surface area contributed by atoms with Gasteiger partial charge in [0.1, 0.15) is 11.4 Å². The van der Waals surface area contributed by atoms with Gasteiger partial charge in [-0.2, -0.15) is 0 Å². The van der Waals surface area contributed by atoms with E-state index >= 15 is 0 Å². The molecule has 0 spiro atoms. The highest BCUT2D eigenvalue weighted by atomic mass is 16.6. The molecule has 1 fully saturated rings. The number of hydrogen-bond donors (Lipinski definition) is 3. The molecule has 4 N–H and O–H groups in total. The van der Waals surface area contributed by atoms with E-state index in [1.165, 1.54) is 0 Å². The van der Waals surface area contributed by atoms with Crippen molar-refractivity contribution in [3.05, 3.63) is 28.3 Å². The summed E-state index contributed by atoms with van der Waals surface area (Å²) >= 11 is 0. The first-order valence-electron chi connectivity index (χ1n) is 6.71. The van der Waals surface area contributed by atoms with E-state index in [0.717, 1.165) is 6.54 Å². The van der Waals surface area contributed by atoms with E-state index in [2.05, 4.69) is 38.4 Å². The molecule has 1 aromatic rings. The number of nitrogens with two attached hydrogens (primary N) is 1. The molecule has 110 valence electrons. The lowest BCUT2D eigenvalue weighted by Gasteiger charge is -2.10. The molecular weight excluding hydrogens is 256 g/mol. The third kappa shape index (κ3) is 2.10. The molecule has 1 saturated carbocycles. The Labute approximate surface area is 118 Å². The Hall–Kier alpha value is -1.82. The van der Waals surface area contributed by atoms with E-state index in [0.29, 0.717) is 17.3 Å². The molecular formula is C14H22N4O2. The summed E-state index contributed by atoms with van der Waals surface area (Å²) in [5, 5.41) is 14.4. The lowest BCUT2D eigenvalue weighted by atomic mass is 10.0. The minimum Gasteiger partial charge on any atom is -0.379 e. The van der Waals surface area contributed by atoms with Gasteiger partial charge in [0.25, 0.3) is 0 Å². The van der Waals surface area contributed by atoms with Crippen LogP contribution >= 0.6 is 0 Å². The van der Waals surface area contributed by atoms with Gasteiger partial charge in [-0.3, -0.25) is 16.0 Å². The quantitative estimate of drug-likeness (QED) is 0.437. The zero-order valence-electron chi connectivity index (χ0n) is 12.4. The molecule has 6 nitrogen and oxygen atoms in total. The van der Waals surface area contributed by atoms with Gasteiger partial charge in [-0.05, 0) is 28.9 Å². The first-order valence-corrected chi connectivity index (χ1v) is 6.71. The minimum absolute atomic E-state index is 0.00809. The number of para-hydroxylation sites is 1. The van der Waals surface area contributed by atoms with Crippen LogP contribution in [0.1, 0.15) is 27.7 Å². The number of anilines is 2. The van der Waals surface area contributed by atoms with Gasteiger partial charge in [0.15, 0.2) is 0 Å². The van der Waals surface area contributed by atoms with Crippen LogP contribution in [0, 0.1) is 26.9 Å². The van der Waals surface area contributed by atoms with Gasteiger partial charge in [-0.15, -0.1) is 0 Å². The van der Waals surface area contributed by atoms with Crippen molar-refractivity contribution in [2.45, 2.75) is 27.7 Å². The lowest BCUT2D eigenvalue weighted by molar-refractivity contribution is -0.383. The molecule has 0 amide bonds. The van der Waals surface area contributed by atoms with Gasteiger partial charge < -0.3 is 10.7 Å². The van der Waals surface area contributed by atoms with Crippen LogP contribution in [0.5, 0.6) is 0 Å². The predicted molar refractivity (Wildman–Crippen MR) is 80.4 cm³/mol. The molecule has 0 atom stereocenters. The molecule has 0 aromatic heterocycles. The third-order valence-electron chi connectivity index (χ3n) is 5.19. The summed E-state index contributed by atoms with van der Waals surface area (Å²) in [4.78, 5) is 10.8. The number of nitrogens with zero attached hydrogens (tertiary/aromatic N) is 1. The molecule has 0 unspecified atom stereocenters. The van der Waals surface area contributed by atoms with Crippen molar-refractivity contribution < 1.29 is 4.92 Å². The Morgan fingerprint density at radius 3 is 2.25 bits per heavy atom. The Bertz CT molecular complexity index is 526. The summed E-state index contributed by atoms with van der Waals surface area (Å²) in [6.45, 7) is 9.63. The smallest absolute Gasteiger partial charge is 0.316 e. The van der Waals surface area contributed by atoms with Crippen LogP contribution in [-0.4, -0.2) is 11.5 Å². The number of hydrogen-bond acceptors (Lipinski definition) is 5. The first-order chi connectivity index (χ1) is 9.23. The molecule has 1 aliphatic carbocycles. The standard InChI is InChI=1S/C14H22N4O2/c1-13(2)11(14(13,3)4)8-16-9-6-5-7-10(17-15)12(9)18(19)20/h5-7,11,16-17H,8,15H2,1-4H3. The normalized spacial score (nSPS) is 19.4. The molecule has 1 aromatic carbocycles. The van der Waals surface area contributed by atoms with Gasteiger partial charge in [0, 0.05) is 6.54 Å². The number of benzene rings is 1. The average Bonchev–Trinajstić information content (AvgIpc) is 2.76. The summed E-state index contributed by atoms with van der Waals surface area (Å²) in [5.41, 5.74) is 3.68. The van der Waals surface area contributed by atoms with Gasteiger partial charge in [-0.25, -0.2) is 0 Å². The lowest BCUT2D eigenvalue weighted by Crippen LogP contribution is -2.13. The van der Waals surface area contributed by atoms with Crippen LogP contribution in [0.4, 0.5) is 17.1 Å². The summed E-state index contributed by atoms with van der Waals surface area (Å²) < 4.78 is 0. The zero-order chi connectivity index (χ0) is 15.1. The fraction of sp³-hybridized carbons (Fsp3) is 0.571. The SMILES string of the molecule is CC1(C)C(CNc2cccc(NN)c2[N+](=O)[O-])C1(C)C. The first kappa shape index (κ1) is 14.6. The number of hydrazine groups is 1. The molecule has 0 radical (unpaired) electrons. The largest absolute Gasteiger partial charge is 0.379 e. The van der Waals surface area contributed by atoms with Crippen molar-refractivity contribution >= 4 is 17.1 Å². The number of nitrogens with one attached hydrogen (secondary N) is 2. The van der Waals surface area contributed by atoms with Crippen molar-refractivity contribution in [3.8, 4) is 0 Å². The molecule has 1 aliphatic rings. The van der Waals surface area contributed by atoms with E-state index in [4.69, 9.17) is 5.84 Å². The topological polar surface area (TPSA) is 93.2 Å². The highest BCUT2D eigenvalue weighted by molar-refractivity contribution is 5.75. The highest BCUT2D eigenvalue weighted by Crippen LogP contribution is 2.68. The number of rotatable bonds is 5. The minimum atomic E-state index is -0.416. The van der Waals surface area contributed by atoms with Crippen LogP contribution in [0.3, 0.4) is 0 Å². The Morgan fingerprint density at radius 1 is 1.25 bits per heavy atom. The monoisotopic (exact) mass is 278 g/mol. The maximum absolute atomic E-state index is 11.2. The van der Waals surface area contributed by atoms with Gasteiger partial charge in [0.2, 0.25) is 0 Å².